The average molecular weight is 248 g/mol. The summed E-state index contributed by atoms with van der Waals surface area (Å²) in [7, 11) is 0. The van der Waals surface area contributed by atoms with Crippen molar-refractivity contribution in [3.05, 3.63) is 59.2 Å². The summed E-state index contributed by atoms with van der Waals surface area (Å²) < 4.78 is 26.8. The Hall–Kier alpha value is -2.23. The van der Waals surface area contributed by atoms with Gasteiger partial charge in [0.2, 0.25) is 0 Å². The molecule has 0 amide bonds. The molecule has 0 radical (unpaired) electrons. The van der Waals surface area contributed by atoms with Gasteiger partial charge in [-0.25, -0.2) is 13.6 Å². The second kappa shape index (κ2) is 4.56. The lowest BCUT2D eigenvalue weighted by Gasteiger charge is -2.08. The molecule has 18 heavy (non-hydrogen) atoms. The molecule has 2 aromatic carbocycles. The van der Waals surface area contributed by atoms with Gasteiger partial charge in [-0.1, -0.05) is 17.7 Å². The van der Waals surface area contributed by atoms with Gasteiger partial charge in [0, 0.05) is 5.56 Å². The van der Waals surface area contributed by atoms with E-state index in [2.05, 4.69) is 0 Å². The average Bonchev–Trinajstić information content (AvgIpc) is 2.32. The molecule has 92 valence electrons. The first-order valence-corrected chi connectivity index (χ1v) is 5.28. The van der Waals surface area contributed by atoms with Crippen molar-refractivity contribution in [2.45, 2.75) is 6.92 Å². The van der Waals surface area contributed by atoms with Crippen molar-refractivity contribution in [3.63, 3.8) is 0 Å². The number of carboxylic acid groups (broad SMARTS) is 1. The van der Waals surface area contributed by atoms with E-state index in [1.807, 2.05) is 0 Å². The Morgan fingerprint density at radius 3 is 2.44 bits per heavy atom. The molecule has 0 unspecified atom stereocenters. The quantitative estimate of drug-likeness (QED) is 0.880. The number of hydrogen-bond donors (Lipinski definition) is 1. The molecule has 0 aliphatic rings. The van der Waals surface area contributed by atoms with E-state index in [0.717, 1.165) is 23.8 Å². The first-order chi connectivity index (χ1) is 8.49. The van der Waals surface area contributed by atoms with Gasteiger partial charge in [0.1, 0.15) is 11.6 Å². The summed E-state index contributed by atoms with van der Waals surface area (Å²) in [5.41, 5.74) is 0.824. The van der Waals surface area contributed by atoms with Gasteiger partial charge >= 0.3 is 5.97 Å². The Bertz CT molecular complexity index is 621. The summed E-state index contributed by atoms with van der Waals surface area (Å²) >= 11 is 0. The molecular weight excluding hydrogens is 238 g/mol. The van der Waals surface area contributed by atoms with Crippen molar-refractivity contribution in [2.75, 3.05) is 0 Å². The van der Waals surface area contributed by atoms with Gasteiger partial charge in [0.05, 0.1) is 5.56 Å². The number of benzene rings is 2. The highest BCUT2D eigenvalue weighted by molar-refractivity contribution is 5.96. The zero-order valence-corrected chi connectivity index (χ0v) is 9.58. The number of rotatable bonds is 2. The van der Waals surface area contributed by atoms with Crippen LogP contribution < -0.4 is 0 Å². The van der Waals surface area contributed by atoms with Crippen molar-refractivity contribution < 1.29 is 18.7 Å². The van der Waals surface area contributed by atoms with Crippen molar-refractivity contribution in [1.82, 2.24) is 0 Å². The number of hydrogen-bond acceptors (Lipinski definition) is 1. The van der Waals surface area contributed by atoms with Crippen LogP contribution >= 0.6 is 0 Å². The fourth-order valence-corrected chi connectivity index (χ4v) is 1.77. The van der Waals surface area contributed by atoms with Gasteiger partial charge in [-0.05, 0) is 36.8 Å². The summed E-state index contributed by atoms with van der Waals surface area (Å²) in [5.74, 6) is -2.43. The largest absolute Gasteiger partial charge is 0.478 e. The Kier molecular flexibility index (Phi) is 3.10. The lowest BCUT2D eigenvalue weighted by molar-refractivity contribution is 0.0697. The summed E-state index contributed by atoms with van der Waals surface area (Å²) in [5, 5.41) is 9.10. The maximum absolute atomic E-state index is 13.6. The molecule has 0 heterocycles. The SMILES string of the molecule is Cc1ccc(-c2cc(F)ccc2F)c(C(=O)O)c1. The van der Waals surface area contributed by atoms with E-state index in [1.165, 1.54) is 12.1 Å². The van der Waals surface area contributed by atoms with Gasteiger partial charge in [-0.2, -0.15) is 0 Å². The van der Waals surface area contributed by atoms with E-state index in [4.69, 9.17) is 5.11 Å². The minimum absolute atomic E-state index is 0.0421. The fraction of sp³-hybridized carbons (Fsp3) is 0.0714. The summed E-state index contributed by atoms with van der Waals surface area (Å²) in [6.45, 7) is 1.73. The van der Waals surface area contributed by atoms with Crippen molar-refractivity contribution >= 4 is 5.97 Å². The molecule has 0 saturated carbocycles. The van der Waals surface area contributed by atoms with Gasteiger partial charge in [0.15, 0.2) is 0 Å². The Morgan fingerprint density at radius 1 is 1.06 bits per heavy atom. The third kappa shape index (κ3) is 2.22. The summed E-state index contributed by atoms with van der Waals surface area (Å²) in [4.78, 5) is 11.1. The van der Waals surface area contributed by atoms with Gasteiger partial charge < -0.3 is 5.11 Å². The molecular formula is C14H10F2O2. The number of halogens is 2. The van der Waals surface area contributed by atoms with Crippen LogP contribution in [0.2, 0.25) is 0 Å². The maximum Gasteiger partial charge on any atom is 0.336 e. The van der Waals surface area contributed by atoms with Crippen LogP contribution in [0.25, 0.3) is 11.1 Å². The molecule has 2 aromatic rings. The van der Waals surface area contributed by atoms with Crippen LogP contribution in [0.15, 0.2) is 36.4 Å². The molecule has 2 rings (SSSR count). The maximum atomic E-state index is 13.6. The first kappa shape index (κ1) is 12.2. The predicted octanol–water partition coefficient (Wildman–Crippen LogP) is 3.64. The van der Waals surface area contributed by atoms with Crippen molar-refractivity contribution in [1.29, 1.82) is 0 Å². The van der Waals surface area contributed by atoms with Crippen LogP contribution in [-0.2, 0) is 0 Å². The molecule has 0 bridgehead atoms. The van der Waals surface area contributed by atoms with E-state index < -0.39 is 17.6 Å². The highest BCUT2D eigenvalue weighted by atomic mass is 19.1. The molecule has 2 nitrogen and oxygen atoms in total. The third-order valence-electron chi connectivity index (χ3n) is 2.62. The van der Waals surface area contributed by atoms with Crippen LogP contribution in [0.3, 0.4) is 0 Å². The van der Waals surface area contributed by atoms with Crippen LogP contribution in [-0.4, -0.2) is 11.1 Å². The lowest BCUT2D eigenvalue weighted by atomic mass is 9.97. The zero-order chi connectivity index (χ0) is 13.3. The van der Waals surface area contributed by atoms with Gasteiger partial charge in [-0.15, -0.1) is 0 Å². The van der Waals surface area contributed by atoms with E-state index in [-0.39, 0.29) is 16.7 Å². The lowest BCUT2D eigenvalue weighted by Crippen LogP contribution is -2.01. The van der Waals surface area contributed by atoms with E-state index >= 15 is 0 Å². The van der Waals surface area contributed by atoms with Crippen LogP contribution in [0.1, 0.15) is 15.9 Å². The molecule has 0 fully saturated rings. The minimum atomic E-state index is -1.17. The number of carbonyl (C=O) groups is 1. The van der Waals surface area contributed by atoms with E-state index in [9.17, 15) is 13.6 Å². The van der Waals surface area contributed by atoms with E-state index in [0.29, 0.717) is 0 Å². The molecule has 0 aromatic heterocycles. The first-order valence-electron chi connectivity index (χ1n) is 5.28. The molecule has 4 heteroatoms. The van der Waals surface area contributed by atoms with Crippen LogP contribution in [0, 0.1) is 18.6 Å². The van der Waals surface area contributed by atoms with Gasteiger partial charge in [0.25, 0.3) is 0 Å². The number of aryl methyl sites for hydroxylation is 1. The standard InChI is InChI=1S/C14H10F2O2/c1-8-2-4-10(12(6-8)14(17)18)11-7-9(15)3-5-13(11)16/h2-7H,1H3,(H,17,18). The second-order valence-electron chi connectivity index (χ2n) is 3.98. The van der Waals surface area contributed by atoms with Crippen LogP contribution in [0.5, 0.6) is 0 Å². The molecule has 0 spiro atoms. The van der Waals surface area contributed by atoms with Crippen molar-refractivity contribution in [3.8, 4) is 11.1 Å². The number of carboxylic acids is 1. The highest BCUT2D eigenvalue weighted by Gasteiger charge is 2.15. The molecule has 0 aliphatic carbocycles. The monoisotopic (exact) mass is 248 g/mol. The highest BCUT2D eigenvalue weighted by Crippen LogP contribution is 2.28. The Labute approximate surface area is 103 Å². The summed E-state index contributed by atoms with van der Waals surface area (Å²) in [6, 6.07) is 7.54. The number of aromatic carboxylic acids is 1. The van der Waals surface area contributed by atoms with Crippen LogP contribution in [0.4, 0.5) is 8.78 Å². The van der Waals surface area contributed by atoms with Crippen molar-refractivity contribution in [2.24, 2.45) is 0 Å². The normalized spacial score (nSPS) is 10.4. The molecule has 0 aliphatic heterocycles. The Balaban J connectivity index is 2.70. The molecule has 0 saturated heterocycles. The topological polar surface area (TPSA) is 37.3 Å². The predicted molar refractivity (Wildman–Crippen MR) is 63.5 cm³/mol. The van der Waals surface area contributed by atoms with E-state index in [1.54, 1.807) is 13.0 Å². The summed E-state index contributed by atoms with van der Waals surface area (Å²) in [6.07, 6.45) is 0. The van der Waals surface area contributed by atoms with Gasteiger partial charge in [-0.3, -0.25) is 0 Å². The minimum Gasteiger partial charge on any atom is -0.478 e. The smallest absolute Gasteiger partial charge is 0.336 e. The fourth-order valence-electron chi connectivity index (χ4n) is 1.77. The zero-order valence-electron chi connectivity index (χ0n) is 9.58. The second-order valence-corrected chi connectivity index (χ2v) is 3.98. The molecule has 1 N–H and O–H groups in total. The Morgan fingerprint density at radius 2 is 1.78 bits per heavy atom. The molecule has 0 atom stereocenters. The third-order valence-corrected chi connectivity index (χ3v) is 2.62.